The van der Waals surface area contributed by atoms with E-state index in [1.54, 1.807) is 43.3 Å². The van der Waals surface area contributed by atoms with E-state index in [4.69, 9.17) is 11.6 Å². The second-order valence-electron chi connectivity index (χ2n) is 8.49. The van der Waals surface area contributed by atoms with Crippen LogP contribution in [0.25, 0.3) is 0 Å². The molecule has 0 saturated carbocycles. The highest BCUT2D eigenvalue weighted by Gasteiger charge is 2.30. The fraction of sp³-hybridized carbons (Fsp3) is 0.417. The molecule has 0 aliphatic carbocycles. The fourth-order valence-corrected chi connectivity index (χ4v) is 4.33. The average molecular weight is 494 g/mol. The highest BCUT2D eigenvalue weighted by molar-refractivity contribution is 7.92. The number of hydrogen-bond donors (Lipinski definition) is 1. The molecule has 1 N–H and O–H groups in total. The van der Waals surface area contributed by atoms with Crippen LogP contribution in [0.5, 0.6) is 0 Å². The van der Waals surface area contributed by atoms with Crippen molar-refractivity contribution in [3.05, 3.63) is 64.2 Å². The molecule has 0 fully saturated rings. The number of benzene rings is 2. The smallest absolute Gasteiger partial charge is 0.244 e. The van der Waals surface area contributed by atoms with Crippen LogP contribution in [-0.4, -0.2) is 50.0 Å². The van der Waals surface area contributed by atoms with Crippen LogP contribution in [0.15, 0.2) is 42.5 Å². The van der Waals surface area contributed by atoms with Gasteiger partial charge in [-0.15, -0.1) is 0 Å². The molecule has 0 aliphatic heterocycles. The molecule has 2 amide bonds. The van der Waals surface area contributed by atoms with Crippen LogP contribution < -0.4 is 9.62 Å². The van der Waals surface area contributed by atoms with Crippen LogP contribution in [-0.2, 0) is 26.2 Å². The van der Waals surface area contributed by atoms with Gasteiger partial charge in [0.1, 0.15) is 12.6 Å². The number of halogens is 1. The molecule has 0 saturated heterocycles. The summed E-state index contributed by atoms with van der Waals surface area (Å²) < 4.78 is 26.3. The number of aryl methyl sites for hydroxylation is 2. The van der Waals surface area contributed by atoms with E-state index >= 15 is 0 Å². The predicted octanol–water partition coefficient (Wildman–Crippen LogP) is 3.66. The maximum Gasteiger partial charge on any atom is 0.244 e. The Bertz CT molecular complexity index is 1120. The maximum absolute atomic E-state index is 13.5. The van der Waals surface area contributed by atoms with Gasteiger partial charge in [0.2, 0.25) is 21.8 Å². The Hall–Kier alpha value is -2.58. The molecule has 2 rings (SSSR count). The zero-order valence-electron chi connectivity index (χ0n) is 19.9. The van der Waals surface area contributed by atoms with Gasteiger partial charge in [0.15, 0.2) is 0 Å². The third-order valence-corrected chi connectivity index (χ3v) is 6.86. The van der Waals surface area contributed by atoms with E-state index in [1.165, 1.54) is 4.90 Å². The number of nitrogens with zero attached hydrogens (tertiary/aromatic N) is 2. The Kier molecular flexibility index (Phi) is 8.91. The topological polar surface area (TPSA) is 86.8 Å². The van der Waals surface area contributed by atoms with Gasteiger partial charge >= 0.3 is 0 Å². The third-order valence-electron chi connectivity index (χ3n) is 5.35. The second-order valence-corrected chi connectivity index (χ2v) is 10.8. The van der Waals surface area contributed by atoms with Crippen LogP contribution in [0.3, 0.4) is 0 Å². The Balaban J connectivity index is 2.43. The van der Waals surface area contributed by atoms with Crippen molar-refractivity contribution in [1.82, 2.24) is 10.2 Å². The van der Waals surface area contributed by atoms with E-state index in [9.17, 15) is 18.0 Å². The molecular formula is C24H32ClN3O4S. The first kappa shape index (κ1) is 26.7. The molecule has 0 unspecified atom stereocenters. The number of carbonyl (C=O) groups excluding carboxylic acids is 2. The predicted molar refractivity (Wildman–Crippen MR) is 133 cm³/mol. The summed E-state index contributed by atoms with van der Waals surface area (Å²) >= 11 is 6.30. The van der Waals surface area contributed by atoms with Gasteiger partial charge in [-0.05, 0) is 69.5 Å². The highest BCUT2D eigenvalue weighted by atomic mass is 35.5. The minimum Gasteiger partial charge on any atom is -0.352 e. The van der Waals surface area contributed by atoms with Crippen molar-refractivity contribution in [3.8, 4) is 0 Å². The lowest BCUT2D eigenvalue weighted by atomic mass is 10.1. The lowest BCUT2D eigenvalue weighted by molar-refractivity contribution is -0.139. The molecule has 0 spiro atoms. The number of nitrogens with one attached hydrogen (secondary N) is 1. The van der Waals surface area contributed by atoms with Crippen molar-refractivity contribution in [3.63, 3.8) is 0 Å². The summed E-state index contributed by atoms with van der Waals surface area (Å²) in [6.45, 7) is 8.71. The van der Waals surface area contributed by atoms with Gasteiger partial charge in [-0.3, -0.25) is 13.9 Å². The van der Waals surface area contributed by atoms with Crippen LogP contribution >= 0.6 is 11.6 Å². The highest BCUT2D eigenvalue weighted by Crippen LogP contribution is 2.23. The molecule has 2 aromatic carbocycles. The van der Waals surface area contributed by atoms with Crippen molar-refractivity contribution in [1.29, 1.82) is 0 Å². The lowest BCUT2D eigenvalue weighted by Crippen LogP contribution is -2.52. The monoisotopic (exact) mass is 493 g/mol. The molecule has 7 nitrogen and oxygen atoms in total. The van der Waals surface area contributed by atoms with Crippen molar-refractivity contribution in [2.45, 2.75) is 53.2 Å². The Morgan fingerprint density at radius 1 is 1.03 bits per heavy atom. The van der Waals surface area contributed by atoms with Gasteiger partial charge in [0.25, 0.3) is 0 Å². The molecule has 180 valence electrons. The van der Waals surface area contributed by atoms with Crippen LogP contribution in [0.4, 0.5) is 5.69 Å². The largest absolute Gasteiger partial charge is 0.352 e. The quantitative estimate of drug-likeness (QED) is 0.577. The summed E-state index contributed by atoms with van der Waals surface area (Å²) in [6, 6.07) is 11.3. The molecular weight excluding hydrogens is 462 g/mol. The first-order valence-corrected chi connectivity index (χ1v) is 12.9. The van der Waals surface area contributed by atoms with Gasteiger partial charge in [-0.25, -0.2) is 8.42 Å². The molecule has 0 aromatic heterocycles. The molecule has 0 aliphatic rings. The van der Waals surface area contributed by atoms with E-state index in [-0.39, 0.29) is 18.5 Å². The molecule has 0 heterocycles. The normalized spacial score (nSPS) is 12.4. The van der Waals surface area contributed by atoms with E-state index in [0.29, 0.717) is 16.3 Å². The molecule has 9 heteroatoms. The Morgan fingerprint density at radius 3 is 2.21 bits per heavy atom. The molecule has 33 heavy (non-hydrogen) atoms. The lowest BCUT2D eigenvalue weighted by Gasteiger charge is -2.32. The Labute approximate surface area is 201 Å². The molecule has 1 atom stereocenters. The summed E-state index contributed by atoms with van der Waals surface area (Å²) in [5.41, 5.74) is 2.98. The van der Waals surface area contributed by atoms with Crippen molar-refractivity contribution in [2.24, 2.45) is 0 Å². The van der Waals surface area contributed by atoms with Crippen molar-refractivity contribution >= 4 is 39.1 Å². The summed E-state index contributed by atoms with van der Waals surface area (Å²) in [5, 5.41) is 3.27. The first-order chi connectivity index (χ1) is 15.3. The first-order valence-electron chi connectivity index (χ1n) is 10.7. The van der Waals surface area contributed by atoms with Gasteiger partial charge < -0.3 is 10.2 Å². The van der Waals surface area contributed by atoms with Crippen LogP contribution in [0.1, 0.15) is 37.5 Å². The average Bonchev–Trinajstić information content (AvgIpc) is 2.71. The minimum absolute atomic E-state index is 0.0652. The third kappa shape index (κ3) is 7.20. The second kappa shape index (κ2) is 11.0. The van der Waals surface area contributed by atoms with Gasteiger partial charge in [0, 0.05) is 17.6 Å². The van der Waals surface area contributed by atoms with Crippen LogP contribution in [0.2, 0.25) is 5.02 Å². The van der Waals surface area contributed by atoms with Crippen molar-refractivity contribution < 1.29 is 18.0 Å². The van der Waals surface area contributed by atoms with Crippen molar-refractivity contribution in [2.75, 3.05) is 17.1 Å². The molecule has 0 radical (unpaired) electrons. The molecule has 0 bridgehead atoms. The zero-order valence-corrected chi connectivity index (χ0v) is 21.5. The minimum atomic E-state index is -3.76. The number of sulfonamides is 1. The Morgan fingerprint density at radius 2 is 1.67 bits per heavy atom. The van der Waals surface area contributed by atoms with E-state index in [0.717, 1.165) is 21.7 Å². The number of hydrogen-bond acceptors (Lipinski definition) is 4. The number of rotatable bonds is 9. The molecule has 2 aromatic rings. The number of carbonyl (C=O) groups is 2. The van der Waals surface area contributed by atoms with E-state index < -0.39 is 28.5 Å². The summed E-state index contributed by atoms with van der Waals surface area (Å²) in [6.07, 6.45) is 1.06. The standard InChI is InChI=1S/C24H32ClN3O4S/c1-16(2)26-24(30)19(5)27(14-20-9-7-8-10-22(20)25)23(29)15-28(33(6,31)32)21-12-11-17(3)18(4)13-21/h7-13,16,19H,14-15H2,1-6H3,(H,26,30)/t19-/m1/s1. The zero-order chi connectivity index (χ0) is 24.9. The number of amides is 2. The SMILES string of the molecule is Cc1ccc(N(CC(=O)N(Cc2ccccc2Cl)[C@H](C)C(=O)NC(C)C)S(C)(=O)=O)cc1C. The van der Waals surface area contributed by atoms with Gasteiger partial charge in [0.05, 0.1) is 11.9 Å². The van der Waals surface area contributed by atoms with Crippen LogP contribution in [0, 0.1) is 13.8 Å². The fourth-order valence-electron chi connectivity index (χ4n) is 3.29. The number of anilines is 1. The van der Waals surface area contributed by atoms with E-state index in [1.807, 2.05) is 33.8 Å². The summed E-state index contributed by atoms with van der Waals surface area (Å²) in [4.78, 5) is 27.6. The maximum atomic E-state index is 13.5. The van der Waals surface area contributed by atoms with Gasteiger partial charge in [-0.2, -0.15) is 0 Å². The van der Waals surface area contributed by atoms with Gasteiger partial charge in [-0.1, -0.05) is 35.9 Å². The summed E-state index contributed by atoms with van der Waals surface area (Å²) in [5.74, 6) is -0.840. The van der Waals surface area contributed by atoms with E-state index in [2.05, 4.69) is 5.32 Å². The summed E-state index contributed by atoms with van der Waals surface area (Å²) in [7, 11) is -3.76.